The third-order valence-electron chi connectivity index (χ3n) is 3.89. The highest BCUT2D eigenvalue weighted by atomic mass is 32.2. The van der Waals surface area contributed by atoms with Crippen molar-refractivity contribution in [2.45, 2.75) is 18.4 Å². The zero-order valence-electron chi connectivity index (χ0n) is 14.3. The minimum absolute atomic E-state index is 0.212. The average Bonchev–Trinajstić information content (AvgIpc) is 3.09. The van der Waals surface area contributed by atoms with Crippen molar-refractivity contribution in [3.8, 4) is 11.5 Å². The predicted octanol–water partition coefficient (Wildman–Crippen LogP) is 2.12. The van der Waals surface area contributed by atoms with E-state index in [2.05, 4.69) is 15.4 Å². The zero-order valence-corrected chi connectivity index (χ0v) is 16.0. The number of aryl methyl sites for hydroxylation is 1. The smallest absolute Gasteiger partial charge is 0.240 e. The van der Waals surface area contributed by atoms with E-state index in [1.165, 1.54) is 7.05 Å². The summed E-state index contributed by atoms with van der Waals surface area (Å²) >= 11 is 5.29. The second-order valence-electron chi connectivity index (χ2n) is 5.68. The van der Waals surface area contributed by atoms with Gasteiger partial charge in [-0.2, -0.15) is 0 Å². The first kappa shape index (κ1) is 18.4. The third-order valence-corrected chi connectivity index (χ3v) is 5.70. The molecule has 1 aliphatic rings. The number of rotatable bonds is 5. The van der Waals surface area contributed by atoms with E-state index in [1.54, 1.807) is 25.1 Å². The number of nitrogens with one attached hydrogen (secondary N) is 3. The molecule has 7 nitrogen and oxygen atoms in total. The fourth-order valence-electron chi connectivity index (χ4n) is 2.49. The molecule has 0 bridgehead atoms. The number of anilines is 1. The molecule has 138 valence electrons. The van der Waals surface area contributed by atoms with Gasteiger partial charge in [-0.1, -0.05) is 12.1 Å². The second kappa shape index (κ2) is 7.48. The van der Waals surface area contributed by atoms with Gasteiger partial charge in [-0.15, -0.1) is 0 Å². The Hall–Kier alpha value is -2.36. The summed E-state index contributed by atoms with van der Waals surface area (Å²) in [5, 5.41) is 6.47. The lowest BCUT2D eigenvalue weighted by Crippen LogP contribution is -2.28. The van der Waals surface area contributed by atoms with Gasteiger partial charge in [0.15, 0.2) is 16.6 Å². The number of benzene rings is 2. The quantitative estimate of drug-likeness (QED) is 0.671. The molecule has 0 fully saturated rings. The number of sulfonamides is 1. The summed E-state index contributed by atoms with van der Waals surface area (Å²) in [5.74, 6) is 1.44. The highest BCUT2D eigenvalue weighted by Crippen LogP contribution is 2.32. The van der Waals surface area contributed by atoms with Crippen molar-refractivity contribution in [3.05, 3.63) is 47.5 Å². The molecule has 9 heteroatoms. The van der Waals surface area contributed by atoms with E-state index >= 15 is 0 Å². The van der Waals surface area contributed by atoms with Gasteiger partial charge in [-0.25, -0.2) is 13.1 Å². The van der Waals surface area contributed by atoms with E-state index in [4.69, 9.17) is 21.7 Å². The fraction of sp³-hybridized carbons (Fsp3) is 0.235. The highest BCUT2D eigenvalue weighted by Gasteiger charge is 2.16. The van der Waals surface area contributed by atoms with Gasteiger partial charge in [-0.3, -0.25) is 0 Å². The zero-order chi connectivity index (χ0) is 18.7. The van der Waals surface area contributed by atoms with Crippen LogP contribution in [-0.2, 0) is 16.6 Å². The lowest BCUT2D eigenvalue weighted by molar-refractivity contribution is 0.174. The van der Waals surface area contributed by atoms with Crippen LogP contribution < -0.4 is 24.8 Å². The molecule has 26 heavy (non-hydrogen) atoms. The Morgan fingerprint density at radius 1 is 1.15 bits per heavy atom. The lowest BCUT2D eigenvalue weighted by Gasteiger charge is -2.13. The van der Waals surface area contributed by atoms with Crippen molar-refractivity contribution in [2.24, 2.45) is 0 Å². The summed E-state index contributed by atoms with van der Waals surface area (Å²) in [6, 6.07) is 10.7. The number of ether oxygens (including phenoxy) is 2. The normalized spacial score (nSPS) is 12.7. The Morgan fingerprint density at radius 3 is 2.69 bits per heavy atom. The predicted molar refractivity (Wildman–Crippen MR) is 103 cm³/mol. The maximum absolute atomic E-state index is 12.1. The molecule has 2 aromatic carbocycles. The first-order valence-electron chi connectivity index (χ1n) is 7.86. The van der Waals surface area contributed by atoms with Crippen molar-refractivity contribution in [3.63, 3.8) is 0 Å². The monoisotopic (exact) mass is 393 g/mol. The van der Waals surface area contributed by atoms with Crippen LogP contribution in [0, 0.1) is 6.92 Å². The molecule has 0 unspecified atom stereocenters. The van der Waals surface area contributed by atoms with Crippen LogP contribution in [0.25, 0.3) is 0 Å². The van der Waals surface area contributed by atoms with Crippen molar-refractivity contribution in [2.75, 3.05) is 19.2 Å². The van der Waals surface area contributed by atoms with Crippen molar-refractivity contribution in [1.29, 1.82) is 0 Å². The molecule has 1 aliphatic heterocycles. The van der Waals surface area contributed by atoms with Crippen LogP contribution in [0.2, 0.25) is 0 Å². The molecule has 0 saturated carbocycles. The van der Waals surface area contributed by atoms with Gasteiger partial charge in [0, 0.05) is 12.2 Å². The number of fused-ring (bicyclic) bond motifs is 1. The molecule has 0 spiro atoms. The Balaban J connectivity index is 1.64. The molecule has 0 radical (unpaired) electrons. The summed E-state index contributed by atoms with van der Waals surface area (Å²) in [6.07, 6.45) is 0. The van der Waals surface area contributed by atoms with Gasteiger partial charge in [0.1, 0.15) is 0 Å². The number of hydrogen-bond acceptors (Lipinski definition) is 5. The second-order valence-corrected chi connectivity index (χ2v) is 7.95. The Morgan fingerprint density at radius 2 is 1.92 bits per heavy atom. The van der Waals surface area contributed by atoms with Crippen molar-refractivity contribution in [1.82, 2.24) is 10.0 Å². The molecule has 3 rings (SSSR count). The van der Waals surface area contributed by atoms with Crippen molar-refractivity contribution < 1.29 is 17.9 Å². The minimum Gasteiger partial charge on any atom is -0.454 e. The van der Waals surface area contributed by atoms with Crippen LogP contribution in [0.4, 0.5) is 5.69 Å². The first-order valence-corrected chi connectivity index (χ1v) is 9.76. The molecule has 0 atom stereocenters. The highest BCUT2D eigenvalue weighted by molar-refractivity contribution is 7.89. The molecule has 0 amide bonds. The Kier molecular flexibility index (Phi) is 5.30. The van der Waals surface area contributed by atoms with Gasteiger partial charge in [0.25, 0.3) is 0 Å². The van der Waals surface area contributed by atoms with E-state index in [0.29, 0.717) is 28.7 Å². The summed E-state index contributed by atoms with van der Waals surface area (Å²) < 4.78 is 37.1. The summed E-state index contributed by atoms with van der Waals surface area (Å²) in [7, 11) is -2.15. The molecule has 0 aromatic heterocycles. The van der Waals surface area contributed by atoms with E-state index in [0.717, 1.165) is 11.3 Å². The van der Waals surface area contributed by atoms with Crippen LogP contribution in [0.3, 0.4) is 0 Å². The molecule has 0 aliphatic carbocycles. The summed E-state index contributed by atoms with van der Waals surface area (Å²) in [4.78, 5) is 0.212. The molecular weight excluding hydrogens is 374 g/mol. The van der Waals surface area contributed by atoms with Gasteiger partial charge in [0.2, 0.25) is 16.8 Å². The topological polar surface area (TPSA) is 88.7 Å². The Labute approximate surface area is 157 Å². The Bertz CT molecular complexity index is 945. The van der Waals surface area contributed by atoms with Gasteiger partial charge >= 0.3 is 0 Å². The van der Waals surface area contributed by atoms with Gasteiger partial charge in [-0.05, 0) is 61.6 Å². The summed E-state index contributed by atoms with van der Waals surface area (Å²) in [6.45, 7) is 2.47. The van der Waals surface area contributed by atoms with E-state index in [1.807, 2.05) is 18.2 Å². The van der Waals surface area contributed by atoms with E-state index in [9.17, 15) is 8.42 Å². The maximum Gasteiger partial charge on any atom is 0.240 e. The van der Waals surface area contributed by atoms with Crippen LogP contribution in [0.15, 0.2) is 41.3 Å². The first-order chi connectivity index (χ1) is 12.4. The lowest BCUT2D eigenvalue weighted by atomic mass is 10.2. The number of hydrogen-bond donors (Lipinski definition) is 3. The molecule has 1 heterocycles. The molecule has 3 N–H and O–H groups in total. The third kappa shape index (κ3) is 4.06. The van der Waals surface area contributed by atoms with E-state index in [-0.39, 0.29) is 11.7 Å². The minimum atomic E-state index is -3.53. The van der Waals surface area contributed by atoms with Gasteiger partial charge in [0.05, 0.1) is 4.90 Å². The van der Waals surface area contributed by atoms with Crippen LogP contribution in [0.5, 0.6) is 11.5 Å². The van der Waals surface area contributed by atoms with Gasteiger partial charge < -0.3 is 20.1 Å². The van der Waals surface area contributed by atoms with E-state index < -0.39 is 10.0 Å². The fourth-order valence-corrected chi connectivity index (χ4v) is 3.67. The van der Waals surface area contributed by atoms with Crippen molar-refractivity contribution >= 4 is 33.0 Å². The maximum atomic E-state index is 12.1. The molecule has 0 saturated heterocycles. The van der Waals surface area contributed by atoms with Crippen LogP contribution in [-0.4, -0.2) is 27.4 Å². The SMILES string of the molecule is CNS(=O)(=O)c1cc(NC(=S)NCc2ccc3c(c2)OCO3)ccc1C. The van der Waals surface area contributed by atoms with Crippen LogP contribution in [0.1, 0.15) is 11.1 Å². The summed E-state index contributed by atoms with van der Waals surface area (Å²) in [5.41, 5.74) is 2.23. The number of thiocarbonyl (C=S) groups is 1. The standard InChI is InChI=1S/C17H19N3O4S2/c1-11-3-5-13(8-16(11)26(21,22)18-2)20-17(25)19-9-12-4-6-14-15(7-12)24-10-23-14/h3-8,18H,9-10H2,1-2H3,(H2,19,20,25). The largest absolute Gasteiger partial charge is 0.454 e. The molecular formula is C17H19N3O4S2. The van der Waals surface area contributed by atoms with Crippen LogP contribution >= 0.6 is 12.2 Å². The molecule has 2 aromatic rings. The average molecular weight is 393 g/mol.